The fraction of sp³-hybridized carbons (Fsp3) is 1.00. The van der Waals surface area contributed by atoms with Gasteiger partial charge in [-0.25, -0.2) is 0 Å². The highest BCUT2D eigenvalue weighted by atomic mass is 16.3. The van der Waals surface area contributed by atoms with Crippen LogP contribution in [-0.4, -0.2) is 36.9 Å². The highest BCUT2D eigenvalue weighted by molar-refractivity contribution is 4.77. The molecule has 90 valence electrons. The molecule has 1 heterocycles. The number of piperidine rings is 1. The molecule has 1 rings (SSSR count). The molecule has 0 aromatic rings. The van der Waals surface area contributed by atoms with Gasteiger partial charge in [0.05, 0.1) is 6.61 Å². The van der Waals surface area contributed by atoms with E-state index in [0.717, 1.165) is 19.5 Å². The third-order valence-electron chi connectivity index (χ3n) is 3.04. The SMILES string of the molecule is CC(C)CC(CO)NCC1CCCCN1. The standard InChI is InChI=1S/C12H26N2O/c1-10(2)7-12(9-15)14-8-11-5-3-4-6-13-11/h10-15H,3-9H2,1-2H3. The Kier molecular flexibility index (Phi) is 6.22. The van der Waals surface area contributed by atoms with Crippen LogP contribution in [0.15, 0.2) is 0 Å². The molecule has 0 aromatic carbocycles. The average molecular weight is 214 g/mol. The Morgan fingerprint density at radius 1 is 1.40 bits per heavy atom. The van der Waals surface area contributed by atoms with Gasteiger partial charge in [0.15, 0.2) is 0 Å². The summed E-state index contributed by atoms with van der Waals surface area (Å²) in [7, 11) is 0. The number of hydrogen-bond acceptors (Lipinski definition) is 3. The molecule has 0 saturated carbocycles. The summed E-state index contributed by atoms with van der Waals surface area (Å²) in [4.78, 5) is 0. The van der Waals surface area contributed by atoms with Crippen LogP contribution in [0.5, 0.6) is 0 Å². The third kappa shape index (κ3) is 5.50. The van der Waals surface area contributed by atoms with E-state index in [2.05, 4.69) is 24.5 Å². The zero-order chi connectivity index (χ0) is 11.1. The molecule has 0 aromatic heterocycles. The van der Waals surface area contributed by atoms with E-state index in [1.807, 2.05) is 0 Å². The van der Waals surface area contributed by atoms with Gasteiger partial charge < -0.3 is 15.7 Å². The Morgan fingerprint density at radius 2 is 2.20 bits per heavy atom. The van der Waals surface area contributed by atoms with Crippen LogP contribution in [0.3, 0.4) is 0 Å². The lowest BCUT2D eigenvalue weighted by Crippen LogP contribution is -2.46. The van der Waals surface area contributed by atoms with Crippen LogP contribution in [0.4, 0.5) is 0 Å². The molecule has 0 spiro atoms. The van der Waals surface area contributed by atoms with Crippen molar-refractivity contribution in [3.8, 4) is 0 Å². The van der Waals surface area contributed by atoms with Crippen molar-refractivity contribution in [2.45, 2.75) is 51.6 Å². The quantitative estimate of drug-likeness (QED) is 0.621. The third-order valence-corrected chi connectivity index (χ3v) is 3.04. The second-order valence-corrected chi connectivity index (χ2v) is 5.06. The molecule has 0 radical (unpaired) electrons. The molecule has 3 heteroatoms. The smallest absolute Gasteiger partial charge is 0.0584 e. The molecule has 1 saturated heterocycles. The molecule has 1 aliphatic heterocycles. The second-order valence-electron chi connectivity index (χ2n) is 5.06. The summed E-state index contributed by atoms with van der Waals surface area (Å²) in [6, 6.07) is 0.883. The maximum atomic E-state index is 9.22. The molecule has 3 N–H and O–H groups in total. The maximum Gasteiger partial charge on any atom is 0.0584 e. The summed E-state index contributed by atoms with van der Waals surface area (Å²) in [5.74, 6) is 0.647. The Balaban J connectivity index is 2.14. The minimum atomic E-state index is 0.255. The highest BCUT2D eigenvalue weighted by Gasteiger charge is 2.15. The van der Waals surface area contributed by atoms with Crippen LogP contribution in [0.1, 0.15) is 39.5 Å². The van der Waals surface area contributed by atoms with E-state index in [1.165, 1.54) is 19.3 Å². The van der Waals surface area contributed by atoms with Crippen molar-refractivity contribution in [2.75, 3.05) is 19.7 Å². The molecule has 15 heavy (non-hydrogen) atoms. The van der Waals surface area contributed by atoms with Gasteiger partial charge in [-0.2, -0.15) is 0 Å². The topological polar surface area (TPSA) is 44.3 Å². The molecular formula is C12H26N2O. The van der Waals surface area contributed by atoms with Crippen molar-refractivity contribution >= 4 is 0 Å². The van der Waals surface area contributed by atoms with Gasteiger partial charge in [-0.3, -0.25) is 0 Å². The lowest BCUT2D eigenvalue weighted by Gasteiger charge is -2.26. The van der Waals surface area contributed by atoms with E-state index in [9.17, 15) is 5.11 Å². The van der Waals surface area contributed by atoms with Crippen LogP contribution in [0.2, 0.25) is 0 Å². The lowest BCUT2D eigenvalue weighted by atomic mass is 10.0. The first-order chi connectivity index (χ1) is 7.22. The van der Waals surface area contributed by atoms with Gasteiger partial charge in [-0.1, -0.05) is 20.3 Å². The molecule has 0 bridgehead atoms. The molecule has 0 amide bonds. The normalized spacial score (nSPS) is 24.4. The van der Waals surface area contributed by atoms with Gasteiger partial charge in [0.25, 0.3) is 0 Å². The molecular weight excluding hydrogens is 188 g/mol. The van der Waals surface area contributed by atoms with Gasteiger partial charge >= 0.3 is 0 Å². The van der Waals surface area contributed by atoms with E-state index >= 15 is 0 Å². The van der Waals surface area contributed by atoms with E-state index in [-0.39, 0.29) is 12.6 Å². The van der Waals surface area contributed by atoms with Crippen molar-refractivity contribution in [2.24, 2.45) is 5.92 Å². The zero-order valence-corrected chi connectivity index (χ0v) is 10.1. The number of hydrogen-bond donors (Lipinski definition) is 3. The minimum Gasteiger partial charge on any atom is -0.395 e. The van der Waals surface area contributed by atoms with Gasteiger partial charge in [0.1, 0.15) is 0 Å². The fourth-order valence-electron chi connectivity index (χ4n) is 2.20. The van der Waals surface area contributed by atoms with Gasteiger partial charge in [-0.15, -0.1) is 0 Å². The summed E-state index contributed by atoms with van der Waals surface area (Å²) in [6.07, 6.45) is 4.98. The summed E-state index contributed by atoms with van der Waals surface area (Å²) in [5, 5.41) is 16.2. The Labute approximate surface area is 93.6 Å². The Bertz CT molecular complexity index is 156. The molecule has 1 aliphatic rings. The monoisotopic (exact) mass is 214 g/mol. The van der Waals surface area contributed by atoms with Crippen LogP contribution in [-0.2, 0) is 0 Å². The molecule has 0 aliphatic carbocycles. The number of rotatable bonds is 6. The van der Waals surface area contributed by atoms with Gasteiger partial charge in [0, 0.05) is 18.6 Å². The zero-order valence-electron chi connectivity index (χ0n) is 10.1. The van der Waals surface area contributed by atoms with Gasteiger partial charge in [-0.05, 0) is 31.7 Å². The van der Waals surface area contributed by atoms with Crippen molar-refractivity contribution in [3.05, 3.63) is 0 Å². The molecule has 3 nitrogen and oxygen atoms in total. The van der Waals surface area contributed by atoms with Crippen molar-refractivity contribution < 1.29 is 5.11 Å². The van der Waals surface area contributed by atoms with Crippen molar-refractivity contribution in [3.63, 3.8) is 0 Å². The average Bonchev–Trinajstić information content (AvgIpc) is 2.25. The number of aliphatic hydroxyl groups excluding tert-OH is 1. The van der Waals surface area contributed by atoms with Crippen molar-refractivity contribution in [1.82, 2.24) is 10.6 Å². The predicted molar refractivity (Wildman–Crippen MR) is 64.0 cm³/mol. The van der Waals surface area contributed by atoms with Crippen LogP contribution in [0.25, 0.3) is 0 Å². The second kappa shape index (κ2) is 7.20. The Hall–Kier alpha value is -0.120. The minimum absolute atomic E-state index is 0.255. The van der Waals surface area contributed by atoms with Crippen LogP contribution < -0.4 is 10.6 Å². The van der Waals surface area contributed by atoms with Crippen LogP contribution >= 0.6 is 0 Å². The molecule has 2 unspecified atom stereocenters. The first-order valence-corrected chi connectivity index (χ1v) is 6.30. The van der Waals surface area contributed by atoms with E-state index in [0.29, 0.717) is 12.0 Å². The Morgan fingerprint density at radius 3 is 2.73 bits per heavy atom. The maximum absolute atomic E-state index is 9.22. The summed E-state index contributed by atoms with van der Waals surface area (Å²) in [6.45, 7) is 6.80. The van der Waals surface area contributed by atoms with Gasteiger partial charge in [0.2, 0.25) is 0 Å². The fourth-order valence-corrected chi connectivity index (χ4v) is 2.20. The van der Waals surface area contributed by atoms with Crippen LogP contribution in [0, 0.1) is 5.92 Å². The molecule has 1 fully saturated rings. The molecule has 2 atom stereocenters. The predicted octanol–water partition coefficient (Wildman–Crippen LogP) is 1.13. The van der Waals surface area contributed by atoms with E-state index in [4.69, 9.17) is 0 Å². The summed E-state index contributed by atoms with van der Waals surface area (Å²) >= 11 is 0. The number of aliphatic hydroxyl groups is 1. The van der Waals surface area contributed by atoms with Crippen molar-refractivity contribution in [1.29, 1.82) is 0 Å². The first kappa shape index (κ1) is 12.9. The van der Waals surface area contributed by atoms with E-state index < -0.39 is 0 Å². The first-order valence-electron chi connectivity index (χ1n) is 6.30. The lowest BCUT2D eigenvalue weighted by molar-refractivity contribution is 0.218. The summed E-state index contributed by atoms with van der Waals surface area (Å²) in [5.41, 5.74) is 0. The van der Waals surface area contributed by atoms with E-state index in [1.54, 1.807) is 0 Å². The summed E-state index contributed by atoms with van der Waals surface area (Å²) < 4.78 is 0. The number of nitrogens with one attached hydrogen (secondary N) is 2. The largest absolute Gasteiger partial charge is 0.395 e. The highest BCUT2D eigenvalue weighted by Crippen LogP contribution is 2.08.